The molecule has 5 heteroatoms. The Balaban J connectivity index is 2.03. The van der Waals surface area contributed by atoms with Gasteiger partial charge in [-0.2, -0.15) is 0 Å². The zero-order valence-corrected chi connectivity index (χ0v) is 11.5. The van der Waals surface area contributed by atoms with Gasteiger partial charge < -0.3 is 10.0 Å². The van der Waals surface area contributed by atoms with Crippen LogP contribution in [-0.4, -0.2) is 35.1 Å². The summed E-state index contributed by atoms with van der Waals surface area (Å²) < 4.78 is 13.3. The minimum atomic E-state index is -0.577. The maximum absolute atomic E-state index is 13.3. The van der Waals surface area contributed by atoms with E-state index in [1.807, 2.05) is 0 Å². The molecule has 2 rings (SSSR count). The predicted molar refractivity (Wildman–Crippen MR) is 71.7 cm³/mol. The van der Waals surface area contributed by atoms with Crippen LogP contribution in [0.1, 0.15) is 30.1 Å². The van der Waals surface area contributed by atoms with E-state index in [1.165, 1.54) is 18.2 Å². The molecule has 0 aliphatic carbocycles. The molecule has 1 fully saturated rings. The van der Waals surface area contributed by atoms with Gasteiger partial charge in [-0.25, -0.2) is 4.39 Å². The van der Waals surface area contributed by atoms with Gasteiger partial charge in [-0.3, -0.25) is 4.79 Å². The van der Waals surface area contributed by atoms with E-state index in [9.17, 15) is 14.3 Å². The second kappa shape index (κ2) is 5.88. The van der Waals surface area contributed by atoms with Gasteiger partial charge in [0.05, 0.1) is 11.1 Å². The summed E-state index contributed by atoms with van der Waals surface area (Å²) in [5, 5.41) is 9.54. The fraction of sp³-hybridized carbons (Fsp3) is 0.500. The summed E-state index contributed by atoms with van der Waals surface area (Å²) >= 11 is 5.60. The van der Waals surface area contributed by atoms with Crippen molar-refractivity contribution in [1.29, 1.82) is 0 Å². The molecule has 1 aromatic rings. The first-order valence-electron chi connectivity index (χ1n) is 6.41. The largest absolute Gasteiger partial charge is 0.393 e. The van der Waals surface area contributed by atoms with Gasteiger partial charge in [-0.15, -0.1) is 0 Å². The van der Waals surface area contributed by atoms with E-state index in [0.717, 1.165) is 12.8 Å². The Bertz CT molecular complexity index is 471. The van der Waals surface area contributed by atoms with Crippen LogP contribution in [0.5, 0.6) is 0 Å². The summed E-state index contributed by atoms with van der Waals surface area (Å²) in [6.45, 7) is 2.97. The number of rotatable bonds is 2. The number of amides is 1. The molecule has 1 N–H and O–H groups in total. The van der Waals surface area contributed by atoms with Crippen LogP contribution in [0.4, 0.5) is 4.39 Å². The van der Waals surface area contributed by atoms with Crippen LogP contribution in [-0.2, 0) is 0 Å². The molecule has 1 amide bonds. The lowest BCUT2D eigenvalue weighted by molar-refractivity contribution is 0.0521. The van der Waals surface area contributed by atoms with Gasteiger partial charge in [0.25, 0.3) is 5.91 Å². The number of piperidine rings is 1. The monoisotopic (exact) mass is 285 g/mol. The van der Waals surface area contributed by atoms with Gasteiger partial charge in [0.2, 0.25) is 0 Å². The maximum Gasteiger partial charge on any atom is 0.253 e. The van der Waals surface area contributed by atoms with Crippen molar-refractivity contribution in [3.63, 3.8) is 0 Å². The second-order valence-corrected chi connectivity index (χ2v) is 5.41. The Morgan fingerprint density at radius 2 is 2.11 bits per heavy atom. The fourth-order valence-electron chi connectivity index (χ4n) is 2.40. The molecule has 1 saturated heterocycles. The normalized spacial score (nSPS) is 18.4. The van der Waals surface area contributed by atoms with Gasteiger partial charge in [-0.05, 0) is 43.9 Å². The molecule has 0 saturated carbocycles. The average Bonchev–Trinajstić information content (AvgIpc) is 2.41. The van der Waals surface area contributed by atoms with Crippen LogP contribution in [0.2, 0.25) is 5.02 Å². The van der Waals surface area contributed by atoms with Gasteiger partial charge in [0.15, 0.2) is 0 Å². The number of benzene rings is 1. The van der Waals surface area contributed by atoms with E-state index < -0.39 is 5.82 Å². The third kappa shape index (κ3) is 3.25. The highest BCUT2D eigenvalue weighted by Gasteiger charge is 2.26. The van der Waals surface area contributed by atoms with E-state index in [4.69, 9.17) is 11.6 Å². The number of hydrogen-bond acceptors (Lipinski definition) is 2. The topological polar surface area (TPSA) is 40.5 Å². The standard InChI is InChI=1S/C14H17ClFNO2/c1-9(18)10-4-6-17(7-5-10)14(19)11-2-3-12(15)13(16)8-11/h2-3,8-10,18H,4-7H2,1H3. The van der Waals surface area contributed by atoms with Crippen molar-refractivity contribution in [2.45, 2.75) is 25.9 Å². The molecule has 1 atom stereocenters. The zero-order chi connectivity index (χ0) is 14.0. The Morgan fingerprint density at radius 3 is 2.63 bits per heavy atom. The molecule has 1 aliphatic rings. The molecule has 0 spiro atoms. The molecule has 1 unspecified atom stereocenters. The van der Waals surface area contributed by atoms with Crippen molar-refractivity contribution in [1.82, 2.24) is 4.90 Å². The van der Waals surface area contributed by atoms with E-state index in [2.05, 4.69) is 0 Å². The second-order valence-electron chi connectivity index (χ2n) is 5.00. The third-order valence-electron chi connectivity index (χ3n) is 3.68. The SMILES string of the molecule is CC(O)C1CCN(C(=O)c2ccc(Cl)c(F)c2)CC1. The van der Waals surface area contributed by atoms with Crippen LogP contribution in [0.3, 0.4) is 0 Å². The highest BCUT2D eigenvalue weighted by molar-refractivity contribution is 6.30. The quantitative estimate of drug-likeness (QED) is 0.908. The Kier molecular flexibility index (Phi) is 4.42. The molecule has 1 aromatic carbocycles. The molecule has 1 aliphatic heterocycles. The van der Waals surface area contributed by atoms with Gasteiger partial charge in [-0.1, -0.05) is 11.6 Å². The highest BCUT2D eigenvalue weighted by Crippen LogP contribution is 2.23. The molecule has 3 nitrogen and oxygen atoms in total. The van der Waals surface area contributed by atoms with Crippen LogP contribution in [0.15, 0.2) is 18.2 Å². The summed E-state index contributed by atoms with van der Waals surface area (Å²) in [4.78, 5) is 13.9. The molecule has 0 aromatic heterocycles. The van der Waals surface area contributed by atoms with E-state index in [1.54, 1.807) is 11.8 Å². The minimum absolute atomic E-state index is 0.0179. The fourth-order valence-corrected chi connectivity index (χ4v) is 2.51. The van der Waals surface area contributed by atoms with Gasteiger partial charge in [0.1, 0.15) is 5.82 Å². The molecule has 19 heavy (non-hydrogen) atoms. The number of aliphatic hydroxyl groups is 1. The molecular formula is C14H17ClFNO2. The first-order valence-corrected chi connectivity index (χ1v) is 6.79. The smallest absolute Gasteiger partial charge is 0.253 e. The third-order valence-corrected chi connectivity index (χ3v) is 3.98. The molecule has 104 valence electrons. The molecular weight excluding hydrogens is 269 g/mol. The lowest BCUT2D eigenvalue weighted by Gasteiger charge is -2.33. The zero-order valence-electron chi connectivity index (χ0n) is 10.8. The van der Waals surface area contributed by atoms with E-state index in [0.29, 0.717) is 18.7 Å². The number of carbonyl (C=O) groups excluding carboxylic acids is 1. The average molecular weight is 286 g/mol. The van der Waals surface area contributed by atoms with Gasteiger partial charge >= 0.3 is 0 Å². The predicted octanol–water partition coefficient (Wildman–Crippen LogP) is 2.71. The highest BCUT2D eigenvalue weighted by atomic mass is 35.5. The summed E-state index contributed by atoms with van der Waals surface area (Å²) in [7, 11) is 0. The van der Waals surface area contributed by atoms with Crippen molar-refractivity contribution in [2.24, 2.45) is 5.92 Å². The summed E-state index contributed by atoms with van der Waals surface area (Å²) in [6, 6.07) is 4.10. The van der Waals surface area contributed by atoms with Crippen molar-refractivity contribution in [3.05, 3.63) is 34.6 Å². The first kappa shape index (κ1) is 14.3. The van der Waals surface area contributed by atoms with Crippen LogP contribution in [0, 0.1) is 11.7 Å². The number of likely N-dealkylation sites (tertiary alicyclic amines) is 1. The Morgan fingerprint density at radius 1 is 1.47 bits per heavy atom. The summed E-state index contributed by atoms with van der Waals surface area (Å²) in [5.74, 6) is -0.517. The minimum Gasteiger partial charge on any atom is -0.393 e. The van der Waals surface area contributed by atoms with Crippen molar-refractivity contribution in [3.8, 4) is 0 Å². The summed E-state index contributed by atoms with van der Waals surface area (Å²) in [6.07, 6.45) is 1.21. The van der Waals surface area contributed by atoms with Crippen molar-refractivity contribution in [2.75, 3.05) is 13.1 Å². The molecule has 0 bridgehead atoms. The van der Waals surface area contributed by atoms with Crippen molar-refractivity contribution >= 4 is 17.5 Å². The van der Waals surface area contributed by atoms with Gasteiger partial charge in [0, 0.05) is 18.7 Å². The Labute approximate surface area is 117 Å². The van der Waals surface area contributed by atoms with E-state index >= 15 is 0 Å². The number of aliphatic hydroxyl groups excluding tert-OH is 1. The first-order chi connectivity index (χ1) is 8.99. The van der Waals surface area contributed by atoms with Crippen LogP contribution >= 0.6 is 11.6 Å². The summed E-state index contributed by atoms with van der Waals surface area (Å²) in [5.41, 5.74) is 0.317. The lowest BCUT2D eigenvalue weighted by atomic mass is 9.92. The maximum atomic E-state index is 13.3. The molecule has 1 heterocycles. The van der Waals surface area contributed by atoms with Crippen LogP contribution in [0.25, 0.3) is 0 Å². The van der Waals surface area contributed by atoms with Crippen LogP contribution < -0.4 is 0 Å². The number of nitrogens with zero attached hydrogens (tertiary/aromatic N) is 1. The number of hydrogen-bond donors (Lipinski definition) is 1. The van der Waals surface area contributed by atoms with Crippen molar-refractivity contribution < 1.29 is 14.3 Å². The number of carbonyl (C=O) groups is 1. The Hall–Kier alpha value is -1.13. The molecule has 0 radical (unpaired) electrons. The number of halogens is 2. The lowest BCUT2D eigenvalue weighted by Crippen LogP contribution is -2.40. The van der Waals surface area contributed by atoms with E-state index in [-0.39, 0.29) is 23.0 Å².